The van der Waals surface area contributed by atoms with Crippen molar-refractivity contribution in [2.75, 3.05) is 0 Å². The summed E-state index contributed by atoms with van der Waals surface area (Å²) in [5.74, 6) is 0.675. The maximum absolute atomic E-state index is 14.1. The second-order valence-corrected chi connectivity index (χ2v) is 5.44. The largest absolute Gasteiger partial charge is 0.309 e. The van der Waals surface area contributed by atoms with E-state index in [-0.39, 0.29) is 5.54 Å². The molecule has 4 aliphatic rings. The van der Waals surface area contributed by atoms with Crippen LogP contribution >= 0.6 is 0 Å². The Bertz CT molecular complexity index is 212. The topological polar surface area (TPSA) is 53.0 Å². The molecule has 0 radical (unpaired) electrons. The van der Waals surface area contributed by atoms with E-state index >= 15 is 0 Å². The molecule has 2 aliphatic heterocycles. The summed E-state index contributed by atoms with van der Waals surface area (Å²) >= 11 is 0. The lowest BCUT2D eigenvalue weighted by atomic mass is 9.58. The Labute approximate surface area is 83.2 Å². The summed E-state index contributed by atoms with van der Waals surface area (Å²) in [5, 5.41) is 3.58. The summed E-state index contributed by atoms with van der Waals surface area (Å²) in [7, 11) is 0. The fourth-order valence-electron chi connectivity index (χ4n) is 4.03. The van der Waals surface area contributed by atoms with Gasteiger partial charge in [0.15, 0.2) is 0 Å². The van der Waals surface area contributed by atoms with E-state index < -0.39 is 5.67 Å². The number of halogens is 1. The molecule has 4 rings (SSSR count). The van der Waals surface area contributed by atoms with Crippen LogP contribution < -0.4 is 5.32 Å². The first-order valence-corrected chi connectivity index (χ1v) is 5.24. The minimum atomic E-state index is -0.800. The minimum absolute atomic E-state index is 0.138. The smallest absolute Gasteiger partial charge is 0.114 e. The number of nitroso groups, excluding NO2 is 1. The molecule has 4 heteroatoms. The van der Waals surface area contributed by atoms with E-state index in [4.69, 9.17) is 4.91 Å². The molecule has 14 heavy (non-hydrogen) atoms. The van der Waals surface area contributed by atoms with Gasteiger partial charge in [-0.3, -0.25) is 0 Å². The van der Waals surface area contributed by atoms with Crippen LogP contribution in [0.4, 0.5) is 4.39 Å². The Morgan fingerprint density at radius 1 is 1.36 bits per heavy atom. The van der Waals surface area contributed by atoms with Gasteiger partial charge in [0.1, 0.15) is 5.67 Å². The molecule has 2 aliphatic carbocycles. The van der Waals surface area contributed by atoms with E-state index in [0.717, 1.165) is 19.3 Å². The lowest BCUT2D eigenvalue weighted by molar-refractivity contribution is -0.0778. The molecule has 4 bridgehead atoms. The molecular formula is C10H17FN2O. The van der Waals surface area contributed by atoms with Crippen molar-refractivity contribution in [3.8, 4) is 0 Å². The number of nitrogens with one attached hydrogen (secondary N) is 2. The Hall–Kier alpha value is -0.510. The third-order valence-electron chi connectivity index (χ3n) is 3.88. The zero-order valence-electron chi connectivity index (χ0n) is 8.48. The van der Waals surface area contributed by atoms with Gasteiger partial charge in [0.2, 0.25) is 0 Å². The molecule has 0 spiro atoms. The molecule has 0 aromatic carbocycles. The van der Waals surface area contributed by atoms with E-state index in [9.17, 15) is 4.39 Å². The molecule has 4 unspecified atom stereocenters. The van der Waals surface area contributed by atoms with E-state index in [2.05, 4.69) is 17.8 Å². The fourth-order valence-corrected chi connectivity index (χ4v) is 4.03. The Morgan fingerprint density at radius 3 is 2.57 bits per heavy atom. The summed E-state index contributed by atoms with van der Waals surface area (Å²) in [4.78, 5) is 7.50. The van der Waals surface area contributed by atoms with Gasteiger partial charge in [-0.25, -0.2) is 4.39 Å². The number of rotatable bonds is 0. The Kier molecular flexibility index (Phi) is 2.14. The van der Waals surface area contributed by atoms with Gasteiger partial charge in [-0.2, -0.15) is 4.91 Å². The third-order valence-corrected chi connectivity index (χ3v) is 3.88. The van der Waals surface area contributed by atoms with Crippen LogP contribution in [-0.2, 0) is 0 Å². The van der Waals surface area contributed by atoms with E-state index in [0.29, 0.717) is 12.0 Å². The fraction of sp³-hybridized carbons (Fsp3) is 1.00. The van der Waals surface area contributed by atoms with E-state index in [1.54, 1.807) is 0 Å². The zero-order chi connectivity index (χ0) is 10.4. The molecular weight excluding hydrogens is 183 g/mol. The van der Waals surface area contributed by atoms with Gasteiger partial charge in [0.25, 0.3) is 0 Å². The van der Waals surface area contributed by atoms with Crippen LogP contribution in [0.25, 0.3) is 0 Å². The molecule has 0 aromatic rings. The normalized spacial score (nSPS) is 53.9. The van der Waals surface area contributed by atoms with Gasteiger partial charge < -0.3 is 5.32 Å². The Balaban J connectivity index is 0.000000354. The lowest BCUT2D eigenvalue weighted by Crippen LogP contribution is -2.67. The molecule has 2 N–H and O–H groups in total. The lowest BCUT2D eigenvalue weighted by Gasteiger charge is -2.58. The van der Waals surface area contributed by atoms with Crippen molar-refractivity contribution < 1.29 is 4.39 Å². The summed E-state index contributed by atoms with van der Waals surface area (Å²) < 4.78 is 14.1. The highest BCUT2D eigenvalue weighted by Gasteiger charge is 2.56. The third kappa shape index (κ3) is 1.45. The average Bonchev–Trinajstić information content (AvgIpc) is 2.00. The van der Waals surface area contributed by atoms with Crippen molar-refractivity contribution in [1.82, 2.24) is 5.32 Å². The summed E-state index contributed by atoms with van der Waals surface area (Å²) in [6, 6.07) is 0.487. The first-order chi connectivity index (χ1) is 6.57. The highest BCUT2D eigenvalue weighted by Crippen LogP contribution is 2.53. The van der Waals surface area contributed by atoms with Crippen molar-refractivity contribution >= 4 is 0 Å². The van der Waals surface area contributed by atoms with Gasteiger partial charge in [-0.15, -0.1) is 0 Å². The van der Waals surface area contributed by atoms with Crippen molar-refractivity contribution in [2.45, 2.75) is 56.3 Å². The van der Waals surface area contributed by atoms with Crippen molar-refractivity contribution in [1.29, 1.82) is 5.59 Å². The first-order valence-electron chi connectivity index (χ1n) is 5.24. The zero-order valence-corrected chi connectivity index (χ0v) is 8.48. The summed E-state index contributed by atoms with van der Waals surface area (Å²) in [6.45, 7) is 2.19. The van der Waals surface area contributed by atoms with Crippen LogP contribution in [0.1, 0.15) is 39.0 Å². The predicted molar refractivity (Wildman–Crippen MR) is 51.8 cm³/mol. The van der Waals surface area contributed by atoms with E-state index in [1.165, 1.54) is 12.8 Å². The van der Waals surface area contributed by atoms with Crippen LogP contribution in [0.3, 0.4) is 0 Å². The standard InChI is InChI=1S/C10H16FN.HNO/c1-9-3-7-2-8(12-9)5-10(11,4-7)6-9;1-2/h7-8,12H,2-6H2,1H3;1H. The molecule has 3 nitrogen and oxygen atoms in total. The average molecular weight is 200 g/mol. The molecule has 0 amide bonds. The molecule has 80 valence electrons. The number of alkyl halides is 1. The molecule has 2 saturated heterocycles. The van der Waals surface area contributed by atoms with Crippen LogP contribution in [0.5, 0.6) is 0 Å². The monoisotopic (exact) mass is 200 g/mol. The second kappa shape index (κ2) is 2.99. The maximum atomic E-state index is 14.1. The van der Waals surface area contributed by atoms with Gasteiger partial charge in [-0.1, -0.05) is 5.59 Å². The van der Waals surface area contributed by atoms with Crippen LogP contribution in [0, 0.1) is 16.4 Å². The highest BCUT2D eigenvalue weighted by atomic mass is 19.1. The number of piperidine rings is 2. The summed E-state index contributed by atoms with van der Waals surface area (Å²) in [5.41, 5.74) is 3.84. The molecule has 4 atom stereocenters. The van der Waals surface area contributed by atoms with E-state index in [1.807, 2.05) is 0 Å². The van der Waals surface area contributed by atoms with Crippen molar-refractivity contribution in [3.05, 3.63) is 4.91 Å². The SMILES string of the molecule is CC12CC3CC(CC(F)(C3)C1)N2.N=O. The second-order valence-electron chi connectivity index (χ2n) is 5.44. The first kappa shape index (κ1) is 10.0. The maximum Gasteiger partial charge on any atom is 0.114 e. The van der Waals surface area contributed by atoms with Gasteiger partial charge in [0.05, 0.1) is 0 Å². The number of hydrogen-bond acceptors (Lipinski definition) is 3. The van der Waals surface area contributed by atoms with Crippen molar-refractivity contribution in [3.63, 3.8) is 0 Å². The van der Waals surface area contributed by atoms with Crippen LogP contribution in [0.2, 0.25) is 0 Å². The van der Waals surface area contributed by atoms with Crippen LogP contribution in [-0.4, -0.2) is 17.2 Å². The van der Waals surface area contributed by atoms with Gasteiger partial charge >= 0.3 is 0 Å². The minimum Gasteiger partial charge on any atom is -0.309 e. The molecule has 4 fully saturated rings. The molecule has 0 aromatic heterocycles. The number of hydrogen-bond donors (Lipinski definition) is 2. The molecule has 2 saturated carbocycles. The predicted octanol–water partition coefficient (Wildman–Crippen LogP) is 2.35. The quantitative estimate of drug-likeness (QED) is 0.590. The van der Waals surface area contributed by atoms with Crippen LogP contribution in [0.15, 0.2) is 0 Å². The highest BCUT2D eigenvalue weighted by molar-refractivity contribution is 5.12. The van der Waals surface area contributed by atoms with Crippen molar-refractivity contribution in [2.24, 2.45) is 5.92 Å². The summed E-state index contributed by atoms with van der Waals surface area (Å²) in [6.07, 6.45) is 4.81. The van der Waals surface area contributed by atoms with Gasteiger partial charge in [-0.05, 0) is 44.9 Å². The Morgan fingerprint density at radius 2 is 2.07 bits per heavy atom. The molecule has 2 heterocycles. The van der Waals surface area contributed by atoms with Gasteiger partial charge in [0, 0.05) is 11.6 Å².